The van der Waals surface area contributed by atoms with Crippen LogP contribution in [0.5, 0.6) is 0 Å². The quantitative estimate of drug-likeness (QED) is 0.741. The Kier molecular flexibility index (Phi) is 5.02. The number of aromatic nitrogens is 2. The SMILES string of the molecule is CCCNC(=O)c1c(NC(=O)c2ccc(C)cc2)nc2ccc(C)cn12. The van der Waals surface area contributed by atoms with Crippen LogP contribution in [0.1, 0.15) is 45.3 Å². The van der Waals surface area contributed by atoms with Crippen LogP contribution >= 0.6 is 0 Å². The van der Waals surface area contributed by atoms with Crippen LogP contribution in [-0.2, 0) is 0 Å². The molecule has 0 aliphatic carbocycles. The summed E-state index contributed by atoms with van der Waals surface area (Å²) >= 11 is 0. The van der Waals surface area contributed by atoms with E-state index in [2.05, 4.69) is 15.6 Å². The molecule has 1 aromatic carbocycles. The van der Waals surface area contributed by atoms with Crippen LogP contribution in [-0.4, -0.2) is 27.7 Å². The normalized spacial score (nSPS) is 10.7. The largest absolute Gasteiger partial charge is 0.351 e. The molecule has 0 unspecified atom stereocenters. The average molecular weight is 350 g/mol. The first-order chi connectivity index (χ1) is 12.5. The van der Waals surface area contributed by atoms with E-state index in [0.717, 1.165) is 17.5 Å². The lowest BCUT2D eigenvalue weighted by molar-refractivity contribution is 0.0949. The summed E-state index contributed by atoms with van der Waals surface area (Å²) < 4.78 is 1.71. The number of benzene rings is 1. The fourth-order valence-corrected chi connectivity index (χ4v) is 2.66. The van der Waals surface area contributed by atoms with Crippen LogP contribution in [0.4, 0.5) is 5.82 Å². The second-order valence-corrected chi connectivity index (χ2v) is 6.32. The Hall–Kier alpha value is -3.15. The van der Waals surface area contributed by atoms with Gasteiger partial charge in [-0.1, -0.05) is 30.7 Å². The van der Waals surface area contributed by atoms with Gasteiger partial charge in [-0.15, -0.1) is 0 Å². The Bertz CT molecular complexity index is 958. The lowest BCUT2D eigenvalue weighted by atomic mass is 10.1. The van der Waals surface area contributed by atoms with Gasteiger partial charge in [-0.05, 0) is 44.0 Å². The average Bonchev–Trinajstić information content (AvgIpc) is 2.97. The van der Waals surface area contributed by atoms with Gasteiger partial charge in [0, 0.05) is 18.3 Å². The number of aryl methyl sites for hydroxylation is 2. The fraction of sp³-hybridized carbons (Fsp3) is 0.250. The van der Waals surface area contributed by atoms with Crippen molar-refractivity contribution < 1.29 is 9.59 Å². The van der Waals surface area contributed by atoms with Gasteiger partial charge in [-0.3, -0.25) is 14.0 Å². The van der Waals surface area contributed by atoms with Gasteiger partial charge in [-0.25, -0.2) is 4.98 Å². The van der Waals surface area contributed by atoms with E-state index < -0.39 is 0 Å². The van der Waals surface area contributed by atoms with Gasteiger partial charge in [0.05, 0.1) is 0 Å². The smallest absolute Gasteiger partial charge is 0.272 e. The number of carbonyl (C=O) groups excluding carboxylic acids is 2. The molecule has 3 rings (SSSR count). The number of anilines is 1. The Balaban J connectivity index is 1.99. The van der Waals surface area contributed by atoms with Crippen LogP contribution in [0.15, 0.2) is 42.6 Å². The number of rotatable bonds is 5. The molecule has 6 nitrogen and oxygen atoms in total. The number of pyridine rings is 1. The van der Waals surface area contributed by atoms with Gasteiger partial charge in [0.15, 0.2) is 11.5 Å². The number of nitrogens with one attached hydrogen (secondary N) is 2. The highest BCUT2D eigenvalue weighted by molar-refractivity contribution is 6.08. The van der Waals surface area contributed by atoms with Gasteiger partial charge in [0.1, 0.15) is 5.65 Å². The molecule has 0 aliphatic heterocycles. The van der Waals surface area contributed by atoms with E-state index in [1.165, 1.54) is 0 Å². The van der Waals surface area contributed by atoms with Crippen LogP contribution in [0.3, 0.4) is 0 Å². The molecule has 0 saturated carbocycles. The lowest BCUT2D eigenvalue weighted by Gasteiger charge is -2.08. The van der Waals surface area contributed by atoms with Gasteiger partial charge in [-0.2, -0.15) is 0 Å². The van der Waals surface area contributed by atoms with Crippen molar-refractivity contribution >= 4 is 23.3 Å². The minimum Gasteiger partial charge on any atom is -0.351 e. The van der Waals surface area contributed by atoms with Gasteiger partial charge >= 0.3 is 0 Å². The summed E-state index contributed by atoms with van der Waals surface area (Å²) in [6.45, 7) is 6.45. The van der Waals surface area contributed by atoms with E-state index in [4.69, 9.17) is 0 Å². The molecular formula is C20H22N4O2. The number of nitrogens with zero attached hydrogens (tertiary/aromatic N) is 2. The number of fused-ring (bicyclic) bond motifs is 1. The van der Waals surface area contributed by atoms with E-state index >= 15 is 0 Å². The summed E-state index contributed by atoms with van der Waals surface area (Å²) in [5.74, 6) is -0.298. The number of hydrogen-bond acceptors (Lipinski definition) is 3. The molecule has 0 bridgehead atoms. The molecule has 0 spiro atoms. The molecule has 134 valence electrons. The van der Waals surface area contributed by atoms with Crippen molar-refractivity contribution in [3.05, 3.63) is 65.0 Å². The summed E-state index contributed by atoms with van der Waals surface area (Å²) in [6.07, 6.45) is 2.66. The van der Waals surface area contributed by atoms with Crippen LogP contribution in [0, 0.1) is 13.8 Å². The Morgan fingerprint density at radius 3 is 2.38 bits per heavy atom. The van der Waals surface area contributed by atoms with Crippen molar-refractivity contribution in [2.24, 2.45) is 0 Å². The van der Waals surface area contributed by atoms with E-state index in [9.17, 15) is 9.59 Å². The maximum absolute atomic E-state index is 12.7. The van der Waals surface area contributed by atoms with Crippen molar-refractivity contribution in [1.29, 1.82) is 0 Å². The maximum Gasteiger partial charge on any atom is 0.272 e. The van der Waals surface area contributed by atoms with Crippen molar-refractivity contribution in [2.45, 2.75) is 27.2 Å². The summed E-state index contributed by atoms with van der Waals surface area (Å²) in [4.78, 5) is 29.7. The summed E-state index contributed by atoms with van der Waals surface area (Å²) in [7, 11) is 0. The summed E-state index contributed by atoms with van der Waals surface area (Å²) in [6, 6.07) is 11.0. The topological polar surface area (TPSA) is 75.5 Å². The molecule has 0 atom stereocenters. The number of hydrogen-bond donors (Lipinski definition) is 2. The first-order valence-corrected chi connectivity index (χ1v) is 8.64. The van der Waals surface area contributed by atoms with Crippen LogP contribution < -0.4 is 10.6 Å². The number of amides is 2. The van der Waals surface area contributed by atoms with Gasteiger partial charge < -0.3 is 10.6 Å². The molecule has 0 fully saturated rings. The van der Waals surface area contributed by atoms with Crippen LogP contribution in [0.25, 0.3) is 5.65 Å². The second kappa shape index (κ2) is 7.39. The third-order valence-corrected chi connectivity index (χ3v) is 4.06. The molecule has 2 aromatic heterocycles. The third kappa shape index (κ3) is 3.59. The van der Waals surface area contributed by atoms with Crippen molar-refractivity contribution in [3.63, 3.8) is 0 Å². The third-order valence-electron chi connectivity index (χ3n) is 4.06. The minimum absolute atomic E-state index is 0.259. The highest BCUT2D eigenvalue weighted by Crippen LogP contribution is 2.20. The maximum atomic E-state index is 12.7. The second-order valence-electron chi connectivity index (χ2n) is 6.32. The molecule has 3 aromatic rings. The van der Waals surface area contributed by atoms with Crippen LogP contribution in [0.2, 0.25) is 0 Å². The zero-order valence-corrected chi connectivity index (χ0v) is 15.2. The predicted molar refractivity (Wildman–Crippen MR) is 102 cm³/mol. The molecule has 2 heterocycles. The Morgan fingerprint density at radius 2 is 1.69 bits per heavy atom. The fourth-order valence-electron chi connectivity index (χ4n) is 2.66. The first-order valence-electron chi connectivity index (χ1n) is 8.64. The molecule has 0 aliphatic rings. The van der Waals surface area contributed by atoms with E-state index in [1.54, 1.807) is 16.5 Å². The first kappa shape index (κ1) is 17.7. The lowest BCUT2D eigenvalue weighted by Crippen LogP contribution is -2.27. The van der Waals surface area contributed by atoms with Crippen molar-refractivity contribution in [2.75, 3.05) is 11.9 Å². The molecule has 0 radical (unpaired) electrons. The predicted octanol–water partition coefficient (Wildman–Crippen LogP) is 3.34. The molecule has 6 heteroatoms. The van der Waals surface area contributed by atoms with E-state index in [0.29, 0.717) is 23.4 Å². The highest BCUT2D eigenvalue weighted by Gasteiger charge is 2.21. The molecule has 0 saturated heterocycles. The Morgan fingerprint density at radius 1 is 1.00 bits per heavy atom. The van der Waals surface area contributed by atoms with Gasteiger partial charge in [0.25, 0.3) is 11.8 Å². The standard InChI is InChI=1S/C20H22N4O2/c1-4-11-21-20(26)17-18(22-16-10-7-14(3)12-24(16)17)23-19(25)15-8-5-13(2)6-9-15/h5-10,12H,4,11H2,1-3H3,(H,21,26)(H,23,25). The molecule has 26 heavy (non-hydrogen) atoms. The van der Waals surface area contributed by atoms with E-state index in [-0.39, 0.29) is 17.6 Å². The Labute approximate surface area is 152 Å². The zero-order chi connectivity index (χ0) is 18.7. The van der Waals surface area contributed by atoms with Crippen molar-refractivity contribution in [3.8, 4) is 0 Å². The van der Waals surface area contributed by atoms with Crippen molar-refractivity contribution in [1.82, 2.24) is 14.7 Å². The van der Waals surface area contributed by atoms with E-state index in [1.807, 2.05) is 51.2 Å². The molecule has 2 N–H and O–H groups in total. The highest BCUT2D eigenvalue weighted by atomic mass is 16.2. The number of imidazole rings is 1. The molecular weight excluding hydrogens is 328 g/mol. The zero-order valence-electron chi connectivity index (χ0n) is 15.2. The minimum atomic E-state index is -0.297. The summed E-state index contributed by atoms with van der Waals surface area (Å²) in [5.41, 5.74) is 3.53. The summed E-state index contributed by atoms with van der Waals surface area (Å²) in [5, 5.41) is 5.64. The number of carbonyl (C=O) groups is 2. The molecule has 2 amide bonds. The monoisotopic (exact) mass is 350 g/mol. The van der Waals surface area contributed by atoms with Gasteiger partial charge in [0.2, 0.25) is 0 Å².